The Morgan fingerprint density at radius 2 is 2.00 bits per heavy atom. The van der Waals surface area contributed by atoms with Crippen LogP contribution in [-0.4, -0.2) is 33.4 Å². The summed E-state index contributed by atoms with van der Waals surface area (Å²) >= 11 is 0. The van der Waals surface area contributed by atoms with Gasteiger partial charge in [0.2, 0.25) is 5.91 Å². The number of nitrogens with one attached hydrogen (secondary N) is 1. The van der Waals surface area contributed by atoms with Crippen molar-refractivity contribution in [2.24, 2.45) is 5.73 Å². The van der Waals surface area contributed by atoms with E-state index in [9.17, 15) is 18.0 Å². The smallest absolute Gasteiger partial charge is 0.419 e. The number of anilines is 1. The lowest BCUT2D eigenvalue weighted by molar-refractivity contribution is -0.137. The highest BCUT2D eigenvalue weighted by molar-refractivity contribution is 5.82. The fourth-order valence-corrected chi connectivity index (χ4v) is 2.73. The van der Waals surface area contributed by atoms with Gasteiger partial charge in [0.1, 0.15) is 11.9 Å². The molecule has 28 heavy (non-hydrogen) atoms. The van der Waals surface area contributed by atoms with E-state index in [0.29, 0.717) is 17.0 Å². The molecule has 0 saturated heterocycles. The molecule has 0 spiro atoms. The molecule has 1 amide bonds. The minimum atomic E-state index is -4.68. The quantitative estimate of drug-likeness (QED) is 0.695. The van der Waals surface area contributed by atoms with Gasteiger partial charge in [-0.1, -0.05) is 0 Å². The second-order valence-electron chi connectivity index (χ2n) is 6.30. The second kappa shape index (κ2) is 7.02. The van der Waals surface area contributed by atoms with Crippen LogP contribution in [0.2, 0.25) is 0 Å². The van der Waals surface area contributed by atoms with E-state index in [2.05, 4.69) is 15.3 Å². The molecule has 0 aliphatic heterocycles. The Labute approximate surface area is 158 Å². The summed E-state index contributed by atoms with van der Waals surface area (Å²) in [6, 6.07) is 1.55. The summed E-state index contributed by atoms with van der Waals surface area (Å²) < 4.78 is 47.7. The summed E-state index contributed by atoms with van der Waals surface area (Å²) in [5.41, 5.74) is 6.11. The first kappa shape index (κ1) is 19.5. The number of aromatic nitrogens is 3. The zero-order valence-corrected chi connectivity index (χ0v) is 15.3. The number of aryl methyl sites for hydroxylation is 1. The molecule has 148 valence electrons. The Bertz CT molecular complexity index is 1050. The van der Waals surface area contributed by atoms with Gasteiger partial charge in [-0.2, -0.15) is 13.2 Å². The predicted octanol–water partition coefficient (Wildman–Crippen LogP) is 3.02. The van der Waals surface area contributed by atoms with E-state index in [1.54, 1.807) is 29.8 Å². The Kier molecular flexibility index (Phi) is 4.88. The molecule has 0 aromatic carbocycles. The number of pyridine rings is 2. The molecule has 0 radical (unpaired) electrons. The molecule has 0 aliphatic rings. The summed E-state index contributed by atoms with van der Waals surface area (Å²) in [6.45, 7) is 3.16. The number of ether oxygens (including phenoxy) is 1. The van der Waals surface area contributed by atoms with Crippen molar-refractivity contribution in [3.63, 3.8) is 0 Å². The minimum absolute atomic E-state index is 0.233. The minimum Gasteiger partial charge on any atom is -0.493 e. The van der Waals surface area contributed by atoms with E-state index >= 15 is 0 Å². The maximum absolute atomic E-state index is 13.6. The van der Waals surface area contributed by atoms with E-state index in [1.165, 1.54) is 20.2 Å². The van der Waals surface area contributed by atoms with Crippen LogP contribution in [0, 0.1) is 6.92 Å². The van der Waals surface area contributed by atoms with Crippen LogP contribution in [0.4, 0.5) is 19.0 Å². The Morgan fingerprint density at radius 3 is 2.61 bits per heavy atom. The lowest BCUT2D eigenvalue weighted by atomic mass is 10.1. The van der Waals surface area contributed by atoms with Crippen molar-refractivity contribution in [3.8, 4) is 16.9 Å². The van der Waals surface area contributed by atoms with Gasteiger partial charge in [0.25, 0.3) is 0 Å². The number of nitrogens with two attached hydrogens (primary N) is 1. The van der Waals surface area contributed by atoms with Crippen LogP contribution in [0.25, 0.3) is 16.8 Å². The first-order valence-electron chi connectivity index (χ1n) is 8.27. The summed E-state index contributed by atoms with van der Waals surface area (Å²) in [5, 5.41) is 2.41. The Morgan fingerprint density at radius 1 is 1.29 bits per heavy atom. The van der Waals surface area contributed by atoms with E-state index in [0.717, 1.165) is 11.8 Å². The van der Waals surface area contributed by atoms with Crippen LogP contribution in [-0.2, 0) is 11.0 Å². The third-order valence-corrected chi connectivity index (χ3v) is 4.16. The summed E-state index contributed by atoms with van der Waals surface area (Å²) in [6.07, 6.45) is -0.00373. The van der Waals surface area contributed by atoms with Crippen molar-refractivity contribution in [2.75, 3.05) is 12.4 Å². The van der Waals surface area contributed by atoms with Crippen molar-refractivity contribution in [2.45, 2.75) is 26.1 Å². The fraction of sp³-hybridized carbons (Fsp3) is 0.278. The molecule has 3 aromatic rings. The number of rotatable bonds is 5. The highest BCUT2D eigenvalue weighted by Gasteiger charge is 2.35. The van der Waals surface area contributed by atoms with Gasteiger partial charge in [0.15, 0.2) is 11.4 Å². The SMILES string of the molecule is COc1cc(-c2cnc(N[C@@H](C)C(N)=O)c(C(F)(F)F)c2)cn2cc(C)nc12. The molecule has 3 heterocycles. The lowest BCUT2D eigenvalue weighted by Gasteiger charge is -2.17. The molecular weight excluding hydrogens is 375 g/mol. The molecule has 7 nitrogen and oxygen atoms in total. The van der Waals surface area contributed by atoms with Gasteiger partial charge in [-0.25, -0.2) is 9.97 Å². The van der Waals surface area contributed by atoms with Gasteiger partial charge in [-0.05, 0) is 26.0 Å². The average molecular weight is 393 g/mol. The van der Waals surface area contributed by atoms with Crippen molar-refractivity contribution in [3.05, 3.63) is 42.0 Å². The number of hydrogen-bond acceptors (Lipinski definition) is 5. The van der Waals surface area contributed by atoms with Crippen LogP contribution in [0.15, 0.2) is 30.7 Å². The monoisotopic (exact) mass is 393 g/mol. The first-order chi connectivity index (χ1) is 13.1. The van der Waals surface area contributed by atoms with E-state index in [1.807, 2.05) is 0 Å². The average Bonchev–Trinajstić information content (AvgIpc) is 3.00. The second-order valence-corrected chi connectivity index (χ2v) is 6.30. The number of carbonyl (C=O) groups excluding carboxylic acids is 1. The normalized spacial score (nSPS) is 12.8. The number of imidazole rings is 1. The molecule has 0 unspecified atom stereocenters. The topological polar surface area (TPSA) is 94.5 Å². The predicted molar refractivity (Wildman–Crippen MR) is 97.0 cm³/mol. The van der Waals surface area contributed by atoms with Gasteiger partial charge >= 0.3 is 6.18 Å². The van der Waals surface area contributed by atoms with E-state index in [-0.39, 0.29) is 5.56 Å². The van der Waals surface area contributed by atoms with Crippen LogP contribution < -0.4 is 15.8 Å². The highest BCUT2D eigenvalue weighted by atomic mass is 19.4. The third-order valence-electron chi connectivity index (χ3n) is 4.16. The standard InChI is InChI=1S/C18H18F3N5O2/c1-9-7-26-8-12(5-14(28-3)17(26)24-9)11-4-13(18(19,20)21)16(23-6-11)25-10(2)15(22)27/h4-8,10H,1-3H3,(H2,22,27)(H,23,25)/t10-/m0/s1. The van der Waals surface area contributed by atoms with E-state index < -0.39 is 29.5 Å². The number of alkyl halides is 3. The molecule has 0 aliphatic carbocycles. The number of carbonyl (C=O) groups is 1. The molecule has 10 heteroatoms. The van der Waals surface area contributed by atoms with Gasteiger partial charge in [0, 0.05) is 29.7 Å². The molecule has 1 atom stereocenters. The molecule has 3 N–H and O–H groups in total. The maximum Gasteiger partial charge on any atom is 0.419 e. The van der Waals surface area contributed by atoms with Crippen molar-refractivity contribution in [1.29, 1.82) is 0 Å². The number of methoxy groups -OCH3 is 1. The number of nitrogens with zero attached hydrogens (tertiary/aromatic N) is 3. The number of hydrogen-bond donors (Lipinski definition) is 2. The fourth-order valence-electron chi connectivity index (χ4n) is 2.73. The maximum atomic E-state index is 13.6. The van der Waals surface area contributed by atoms with Crippen LogP contribution in [0.3, 0.4) is 0 Å². The van der Waals surface area contributed by atoms with Gasteiger partial charge < -0.3 is 20.2 Å². The zero-order valence-electron chi connectivity index (χ0n) is 15.3. The molecule has 0 saturated carbocycles. The summed E-state index contributed by atoms with van der Waals surface area (Å²) in [7, 11) is 1.46. The number of halogens is 3. The number of primary amides is 1. The highest BCUT2D eigenvalue weighted by Crippen LogP contribution is 2.37. The largest absolute Gasteiger partial charge is 0.493 e. The third kappa shape index (κ3) is 3.71. The Balaban J connectivity index is 2.12. The number of fused-ring (bicyclic) bond motifs is 1. The summed E-state index contributed by atoms with van der Waals surface area (Å²) in [5.74, 6) is -0.831. The molecule has 3 aromatic heterocycles. The van der Waals surface area contributed by atoms with Gasteiger partial charge in [0.05, 0.1) is 18.4 Å². The first-order valence-corrected chi connectivity index (χ1v) is 8.27. The van der Waals surface area contributed by atoms with Gasteiger partial charge in [-0.3, -0.25) is 4.79 Å². The molecular formula is C18H18F3N5O2. The van der Waals surface area contributed by atoms with Crippen LogP contribution in [0.5, 0.6) is 5.75 Å². The molecule has 0 bridgehead atoms. The molecule has 0 fully saturated rings. The van der Waals surface area contributed by atoms with Crippen LogP contribution >= 0.6 is 0 Å². The van der Waals surface area contributed by atoms with Crippen molar-refractivity contribution >= 4 is 17.4 Å². The van der Waals surface area contributed by atoms with Crippen molar-refractivity contribution in [1.82, 2.24) is 14.4 Å². The zero-order chi connectivity index (χ0) is 20.6. The van der Waals surface area contributed by atoms with E-state index in [4.69, 9.17) is 10.5 Å². The number of amides is 1. The van der Waals surface area contributed by atoms with Crippen LogP contribution in [0.1, 0.15) is 18.2 Å². The van der Waals surface area contributed by atoms with Crippen molar-refractivity contribution < 1.29 is 22.7 Å². The Hall–Kier alpha value is -3.30. The van der Waals surface area contributed by atoms with Gasteiger partial charge in [-0.15, -0.1) is 0 Å². The lowest BCUT2D eigenvalue weighted by Crippen LogP contribution is -2.33. The summed E-state index contributed by atoms with van der Waals surface area (Å²) in [4.78, 5) is 19.4. The molecule has 3 rings (SSSR count).